The number of hydrogen-bond donors (Lipinski definition) is 1. The lowest BCUT2D eigenvalue weighted by Crippen LogP contribution is -2.17. The van der Waals surface area contributed by atoms with Gasteiger partial charge in [0.05, 0.1) is 19.9 Å². The molecule has 0 atom stereocenters. The van der Waals surface area contributed by atoms with Crippen molar-refractivity contribution in [2.75, 3.05) is 13.7 Å². The maximum atomic E-state index is 12.0. The molecule has 0 unspecified atom stereocenters. The molecular weight excluding hydrogens is 292 g/mol. The molecule has 5 heteroatoms. The van der Waals surface area contributed by atoms with Gasteiger partial charge in [-0.05, 0) is 42.8 Å². The van der Waals surface area contributed by atoms with Gasteiger partial charge in [0.1, 0.15) is 11.5 Å². The molecule has 23 heavy (non-hydrogen) atoms. The Bertz CT molecular complexity index is 666. The van der Waals surface area contributed by atoms with Crippen LogP contribution < -0.4 is 14.9 Å². The third-order valence-electron chi connectivity index (χ3n) is 3.10. The third kappa shape index (κ3) is 4.85. The number of methoxy groups -OCH3 is 1. The third-order valence-corrected chi connectivity index (χ3v) is 3.10. The molecule has 0 heterocycles. The summed E-state index contributed by atoms with van der Waals surface area (Å²) in [6.45, 7) is 2.70. The van der Waals surface area contributed by atoms with E-state index >= 15 is 0 Å². The summed E-state index contributed by atoms with van der Waals surface area (Å²) in [5, 5.41) is 3.96. The fourth-order valence-electron chi connectivity index (χ4n) is 1.92. The summed E-state index contributed by atoms with van der Waals surface area (Å²) in [6.07, 6.45) is 2.50. The highest BCUT2D eigenvalue weighted by Gasteiger charge is 2.04. The fraction of sp³-hybridized carbons (Fsp3) is 0.222. The number of ether oxygens (including phenoxy) is 2. The number of amides is 1. The number of para-hydroxylation sites is 1. The van der Waals surface area contributed by atoms with Crippen molar-refractivity contribution in [3.05, 3.63) is 59.7 Å². The standard InChI is InChI=1S/C18H20N2O3/c1-3-12-23-16-10-8-14(9-11-16)18(21)20-19-13-15-6-4-5-7-17(15)22-2/h4-11,13H,3,12H2,1-2H3,(H,20,21)/b19-13-. The van der Waals surface area contributed by atoms with Crippen molar-refractivity contribution in [1.29, 1.82) is 0 Å². The molecule has 0 radical (unpaired) electrons. The topological polar surface area (TPSA) is 59.9 Å². The van der Waals surface area contributed by atoms with Gasteiger partial charge in [0.15, 0.2) is 0 Å². The molecule has 0 saturated carbocycles. The molecule has 0 bridgehead atoms. The minimum atomic E-state index is -0.279. The average molecular weight is 312 g/mol. The number of rotatable bonds is 7. The quantitative estimate of drug-likeness (QED) is 0.630. The largest absolute Gasteiger partial charge is 0.496 e. The van der Waals surface area contributed by atoms with Crippen LogP contribution in [0.3, 0.4) is 0 Å². The van der Waals surface area contributed by atoms with E-state index < -0.39 is 0 Å². The summed E-state index contributed by atoms with van der Waals surface area (Å²) in [7, 11) is 1.59. The van der Waals surface area contributed by atoms with E-state index in [4.69, 9.17) is 9.47 Å². The second kappa shape index (κ2) is 8.58. The van der Waals surface area contributed by atoms with Gasteiger partial charge in [-0.3, -0.25) is 4.79 Å². The molecular formula is C18H20N2O3. The van der Waals surface area contributed by atoms with Crippen molar-refractivity contribution >= 4 is 12.1 Å². The van der Waals surface area contributed by atoms with Gasteiger partial charge in [-0.25, -0.2) is 5.43 Å². The van der Waals surface area contributed by atoms with Crippen molar-refractivity contribution in [3.8, 4) is 11.5 Å². The molecule has 120 valence electrons. The number of nitrogens with zero attached hydrogens (tertiary/aromatic N) is 1. The Hall–Kier alpha value is -2.82. The molecule has 0 aliphatic carbocycles. The first-order valence-electron chi connectivity index (χ1n) is 7.44. The molecule has 0 spiro atoms. The zero-order valence-corrected chi connectivity index (χ0v) is 13.3. The zero-order valence-electron chi connectivity index (χ0n) is 13.3. The molecule has 5 nitrogen and oxygen atoms in total. The van der Waals surface area contributed by atoms with E-state index in [1.807, 2.05) is 31.2 Å². The van der Waals surface area contributed by atoms with E-state index in [0.29, 0.717) is 17.9 Å². The lowest BCUT2D eigenvalue weighted by Gasteiger charge is -2.05. The van der Waals surface area contributed by atoms with Gasteiger partial charge in [0.2, 0.25) is 0 Å². The minimum absolute atomic E-state index is 0.279. The molecule has 2 aromatic rings. The van der Waals surface area contributed by atoms with Crippen LogP contribution in [-0.4, -0.2) is 25.8 Å². The summed E-state index contributed by atoms with van der Waals surface area (Å²) in [5.41, 5.74) is 3.81. The summed E-state index contributed by atoms with van der Waals surface area (Å²) in [4.78, 5) is 12.0. The molecule has 1 amide bonds. The number of carbonyl (C=O) groups is 1. The van der Waals surface area contributed by atoms with Crippen LogP contribution in [0.25, 0.3) is 0 Å². The molecule has 0 saturated heterocycles. The van der Waals surface area contributed by atoms with Crippen LogP contribution in [0, 0.1) is 0 Å². The second-order valence-corrected chi connectivity index (χ2v) is 4.81. The fourth-order valence-corrected chi connectivity index (χ4v) is 1.92. The first-order valence-corrected chi connectivity index (χ1v) is 7.44. The number of hydrogen-bond acceptors (Lipinski definition) is 4. The SMILES string of the molecule is CCCOc1ccc(C(=O)N/N=C\c2ccccc2OC)cc1. The van der Waals surface area contributed by atoms with Crippen molar-refractivity contribution in [2.45, 2.75) is 13.3 Å². The Morgan fingerprint density at radius 3 is 2.61 bits per heavy atom. The normalized spacial score (nSPS) is 10.5. The average Bonchev–Trinajstić information content (AvgIpc) is 2.60. The second-order valence-electron chi connectivity index (χ2n) is 4.81. The monoisotopic (exact) mass is 312 g/mol. The van der Waals surface area contributed by atoms with Gasteiger partial charge in [0, 0.05) is 11.1 Å². The summed E-state index contributed by atoms with van der Waals surface area (Å²) in [5.74, 6) is 1.17. The van der Waals surface area contributed by atoms with Crippen LogP contribution in [0.2, 0.25) is 0 Å². The van der Waals surface area contributed by atoms with Gasteiger partial charge in [0.25, 0.3) is 5.91 Å². The number of nitrogens with one attached hydrogen (secondary N) is 1. The van der Waals surface area contributed by atoms with Gasteiger partial charge in [-0.1, -0.05) is 19.1 Å². The first-order chi connectivity index (χ1) is 11.2. The molecule has 0 fully saturated rings. The van der Waals surface area contributed by atoms with Crippen LogP contribution >= 0.6 is 0 Å². The van der Waals surface area contributed by atoms with Crippen LogP contribution in [-0.2, 0) is 0 Å². The molecule has 2 rings (SSSR count). The van der Waals surface area contributed by atoms with E-state index in [1.165, 1.54) is 0 Å². The maximum absolute atomic E-state index is 12.0. The number of carbonyl (C=O) groups excluding carboxylic acids is 1. The predicted octanol–water partition coefficient (Wildman–Crippen LogP) is 3.25. The van der Waals surface area contributed by atoms with Gasteiger partial charge in [-0.15, -0.1) is 0 Å². The Labute approximate surface area is 135 Å². The first kappa shape index (κ1) is 16.5. The minimum Gasteiger partial charge on any atom is -0.496 e. The number of benzene rings is 2. The summed E-state index contributed by atoms with van der Waals surface area (Å²) >= 11 is 0. The van der Waals surface area contributed by atoms with E-state index in [2.05, 4.69) is 10.5 Å². The predicted molar refractivity (Wildman–Crippen MR) is 90.3 cm³/mol. The summed E-state index contributed by atoms with van der Waals surface area (Å²) in [6, 6.07) is 14.4. The Morgan fingerprint density at radius 2 is 1.91 bits per heavy atom. The molecule has 0 aliphatic heterocycles. The van der Waals surface area contributed by atoms with Crippen LogP contribution in [0.5, 0.6) is 11.5 Å². The smallest absolute Gasteiger partial charge is 0.271 e. The molecule has 2 aromatic carbocycles. The van der Waals surface area contributed by atoms with Crippen LogP contribution in [0.1, 0.15) is 29.3 Å². The van der Waals surface area contributed by atoms with Crippen molar-refractivity contribution in [3.63, 3.8) is 0 Å². The highest BCUT2D eigenvalue weighted by molar-refractivity contribution is 5.95. The Balaban J connectivity index is 1.95. The van der Waals surface area contributed by atoms with Crippen LogP contribution in [0.15, 0.2) is 53.6 Å². The zero-order chi connectivity index (χ0) is 16.5. The van der Waals surface area contributed by atoms with E-state index in [0.717, 1.165) is 17.7 Å². The highest BCUT2D eigenvalue weighted by atomic mass is 16.5. The Morgan fingerprint density at radius 1 is 1.17 bits per heavy atom. The van der Waals surface area contributed by atoms with E-state index in [1.54, 1.807) is 37.6 Å². The summed E-state index contributed by atoms with van der Waals surface area (Å²) < 4.78 is 10.7. The van der Waals surface area contributed by atoms with Gasteiger partial charge < -0.3 is 9.47 Å². The number of hydrazone groups is 1. The van der Waals surface area contributed by atoms with Crippen molar-refractivity contribution < 1.29 is 14.3 Å². The molecule has 0 aliphatic rings. The van der Waals surface area contributed by atoms with E-state index in [-0.39, 0.29) is 5.91 Å². The maximum Gasteiger partial charge on any atom is 0.271 e. The molecule has 1 N–H and O–H groups in total. The molecule has 0 aromatic heterocycles. The lowest BCUT2D eigenvalue weighted by atomic mass is 10.2. The van der Waals surface area contributed by atoms with Gasteiger partial charge in [-0.2, -0.15) is 5.10 Å². The van der Waals surface area contributed by atoms with Gasteiger partial charge >= 0.3 is 0 Å². The lowest BCUT2D eigenvalue weighted by molar-refractivity contribution is 0.0955. The van der Waals surface area contributed by atoms with Crippen LogP contribution in [0.4, 0.5) is 0 Å². The Kier molecular flexibility index (Phi) is 6.17. The van der Waals surface area contributed by atoms with Crippen molar-refractivity contribution in [2.24, 2.45) is 5.10 Å². The van der Waals surface area contributed by atoms with E-state index in [9.17, 15) is 4.79 Å². The highest BCUT2D eigenvalue weighted by Crippen LogP contribution is 2.15. The van der Waals surface area contributed by atoms with Crippen molar-refractivity contribution in [1.82, 2.24) is 5.43 Å².